The van der Waals surface area contributed by atoms with Crippen LogP contribution >= 0.6 is 11.6 Å². The number of nitrogens with one attached hydrogen (secondary N) is 1. The first-order chi connectivity index (χ1) is 10.0. The summed E-state index contributed by atoms with van der Waals surface area (Å²) in [7, 11) is 0. The van der Waals surface area contributed by atoms with Gasteiger partial charge in [-0.3, -0.25) is 9.69 Å². The molecule has 0 fully saturated rings. The molecule has 1 aromatic carbocycles. The largest absolute Gasteiger partial charge is 0.355 e. The average molecular weight is 312 g/mol. The number of carbonyl (C=O) groups is 1. The molecule has 5 heteroatoms. The van der Waals surface area contributed by atoms with Gasteiger partial charge in [-0.15, -0.1) is 0 Å². The Morgan fingerprint density at radius 3 is 2.38 bits per heavy atom. The molecule has 4 nitrogen and oxygen atoms in total. The third-order valence-electron chi connectivity index (χ3n) is 3.61. The van der Waals surface area contributed by atoms with Crippen LogP contribution in [0.15, 0.2) is 24.3 Å². The van der Waals surface area contributed by atoms with Gasteiger partial charge >= 0.3 is 0 Å². The quantitative estimate of drug-likeness (QED) is 0.776. The van der Waals surface area contributed by atoms with Crippen LogP contribution in [0.25, 0.3) is 0 Å². The summed E-state index contributed by atoms with van der Waals surface area (Å²) in [6.07, 6.45) is 0.846. The van der Waals surface area contributed by atoms with Gasteiger partial charge in [0, 0.05) is 17.6 Å². The number of benzene rings is 1. The monoisotopic (exact) mass is 311 g/mol. The van der Waals surface area contributed by atoms with Gasteiger partial charge in [0.2, 0.25) is 5.91 Å². The molecule has 0 saturated carbocycles. The molecular formula is C16H26ClN3O. The van der Waals surface area contributed by atoms with E-state index in [2.05, 4.69) is 17.1 Å². The summed E-state index contributed by atoms with van der Waals surface area (Å²) in [5, 5.41) is 3.54. The Bertz CT molecular complexity index is 436. The van der Waals surface area contributed by atoms with Crippen molar-refractivity contribution in [1.82, 2.24) is 10.2 Å². The van der Waals surface area contributed by atoms with Crippen molar-refractivity contribution in [2.75, 3.05) is 19.6 Å². The molecule has 118 valence electrons. The van der Waals surface area contributed by atoms with Gasteiger partial charge < -0.3 is 11.1 Å². The lowest BCUT2D eigenvalue weighted by Crippen LogP contribution is -2.45. The van der Waals surface area contributed by atoms with Gasteiger partial charge in [0.15, 0.2) is 0 Å². The Labute approximate surface area is 132 Å². The molecule has 0 radical (unpaired) electrons. The number of nitrogens with two attached hydrogens (primary N) is 1. The van der Waals surface area contributed by atoms with Crippen LogP contribution in [0.2, 0.25) is 5.02 Å². The number of nitrogens with zero attached hydrogens (tertiary/aromatic N) is 1. The lowest BCUT2D eigenvalue weighted by molar-refractivity contribution is -0.122. The minimum atomic E-state index is -0.0273. The van der Waals surface area contributed by atoms with Gasteiger partial charge in [-0.25, -0.2) is 0 Å². The topological polar surface area (TPSA) is 58.4 Å². The van der Waals surface area contributed by atoms with Crippen molar-refractivity contribution in [1.29, 1.82) is 0 Å². The molecule has 0 aliphatic carbocycles. The van der Waals surface area contributed by atoms with E-state index in [1.807, 2.05) is 38.1 Å². The molecule has 0 aliphatic heterocycles. The predicted molar refractivity (Wildman–Crippen MR) is 88.4 cm³/mol. The van der Waals surface area contributed by atoms with Crippen LogP contribution in [0.5, 0.6) is 0 Å². The summed E-state index contributed by atoms with van der Waals surface area (Å²) in [4.78, 5) is 14.0. The highest BCUT2D eigenvalue weighted by molar-refractivity contribution is 6.30. The number of hydrogen-bond donors (Lipinski definition) is 2. The van der Waals surface area contributed by atoms with E-state index in [1.165, 1.54) is 0 Å². The van der Waals surface area contributed by atoms with E-state index in [0.29, 0.717) is 18.1 Å². The Hall–Kier alpha value is -1.10. The smallest absolute Gasteiger partial charge is 0.234 e. The Morgan fingerprint density at radius 1 is 1.29 bits per heavy atom. The van der Waals surface area contributed by atoms with Crippen molar-refractivity contribution in [3.63, 3.8) is 0 Å². The minimum absolute atomic E-state index is 0.0138. The van der Waals surface area contributed by atoms with E-state index in [0.717, 1.165) is 18.5 Å². The number of amides is 1. The molecule has 1 aromatic rings. The number of carbonyl (C=O) groups excluding carboxylic acids is 1. The second kappa shape index (κ2) is 9.03. The number of halogens is 1. The van der Waals surface area contributed by atoms with Crippen LogP contribution < -0.4 is 11.1 Å². The van der Waals surface area contributed by atoms with Crippen molar-refractivity contribution in [3.8, 4) is 0 Å². The maximum absolute atomic E-state index is 11.9. The first kappa shape index (κ1) is 18.0. The highest BCUT2D eigenvalue weighted by Crippen LogP contribution is 2.26. The van der Waals surface area contributed by atoms with Crippen LogP contribution in [-0.2, 0) is 4.79 Å². The van der Waals surface area contributed by atoms with Crippen molar-refractivity contribution >= 4 is 17.5 Å². The summed E-state index contributed by atoms with van der Waals surface area (Å²) in [6.45, 7) is 7.78. The van der Waals surface area contributed by atoms with E-state index >= 15 is 0 Å². The van der Waals surface area contributed by atoms with Crippen molar-refractivity contribution in [3.05, 3.63) is 34.9 Å². The van der Waals surface area contributed by atoms with Crippen LogP contribution in [0.4, 0.5) is 0 Å². The lowest BCUT2D eigenvalue weighted by Gasteiger charge is -2.34. The lowest BCUT2D eigenvalue weighted by atomic mass is 9.96. The number of rotatable bonds is 8. The first-order valence-electron chi connectivity index (χ1n) is 7.55. The molecule has 21 heavy (non-hydrogen) atoms. The highest BCUT2D eigenvalue weighted by atomic mass is 35.5. The zero-order valence-electron chi connectivity index (χ0n) is 13.1. The van der Waals surface area contributed by atoms with Crippen molar-refractivity contribution in [2.24, 2.45) is 5.73 Å². The van der Waals surface area contributed by atoms with E-state index in [4.69, 9.17) is 17.3 Å². The Kier molecular flexibility index (Phi) is 7.72. The molecule has 2 unspecified atom stereocenters. The van der Waals surface area contributed by atoms with E-state index in [9.17, 15) is 4.79 Å². The fraction of sp³-hybridized carbons (Fsp3) is 0.562. The molecular weight excluding hydrogens is 286 g/mol. The molecule has 0 bridgehead atoms. The molecule has 0 spiro atoms. The molecule has 0 heterocycles. The van der Waals surface area contributed by atoms with Crippen LogP contribution in [0.3, 0.4) is 0 Å². The van der Waals surface area contributed by atoms with Gasteiger partial charge in [-0.1, -0.05) is 37.6 Å². The summed E-state index contributed by atoms with van der Waals surface area (Å²) < 4.78 is 0. The number of hydrogen-bond acceptors (Lipinski definition) is 3. The normalized spacial score (nSPS) is 14.0. The standard InChI is InChI=1S/C16H26ClN3O/c1-4-14(18)16(12-7-9-13(17)10-8-12)20(6-3)11-15(21)19-5-2/h7-10,14,16H,4-6,11,18H2,1-3H3,(H,19,21). The SMILES string of the molecule is CCNC(=O)CN(CC)C(c1ccc(Cl)cc1)C(N)CC. The minimum Gasteiger partial charge on any atom is -0.355 e. The van der Waals surface area contributed by atoms with Gasteiger partial charge in [0.05, 0.1) is 12.6 Å². The second-order valence-corrected chi connectivity index (χ2v) is 5.52. The zero-order chi connectivity index (χ0) is 15.8. The fourth-order valence-corrected chi connectivity index (χ4v) is 2.58. The van der Waals surface area contributed by atoms with Crippen LogP contribution in [0, 0.1) is 0 Å². The molecule has 2 atom stereocenters. The van der Waals surface area contributed by atoms with Crippen molar-refractivity contribution < 1.29 is 4.79 Å². The summed E-state index contributed by atoms with van der Waals surface area (Å²) in [6, 6.07) is 7.70. The maximum atomic E-state index is 11.9. The van der Waals surface area contributed by atoms with E-state index in [1.54, 1.807) is 0 Å². The Balaban J connectivity index is 2.98. The zero-order valence-corrected chi connectivity index (χ0v) is 13.9. The van der Waals surface area contributed by atoms with E-state index < -0.39 is 0 Å². The third kappa shape index (κ3) is 5.30. The molecule has 0 saturated heterocycles. The second-order valence-electron chi connectivity index (χ2n) is 5.09. The molecule has 1 amide bonds. The van der Waals surface area contributed by atoms with Gasteiger partial charge in [0.25, 0.3) is 0 Å². The first-order valence-corrected chi connectivity index (χ1v) is 7.93. The summed E-state index contributed by atoms with van der Waals surface area (Å²) in [5.41, 5.74) is 7.40. The van der Waals surface area contributed by atoms with Gasteiger partial charge in [0.1, 0.15) is 0 Å². The fourth-order valence-electron chi connectivity index (χ4n) is 2.46. The molecule has 0 aromatic heterocycles. The Morgan fingerprint density at radius 2 is 1.90 bits per heavy atom. The van der Waals surface area contributed by atoms with Crippen molar-refractivity contribution in [2.45, 2.75) is 39.3 Å². The predicted octanol–water partition coefficient (Wildman–Crippen LogP) is 2.58. The highest BCUT2D eigenvalue weighted by Gasteiger charge is 2.26. The van der Waals surface area contributed by atoms with Crippen LogP contribution in [0.1, 0.15) is 38.8 Å². The molecule has 1 rings (SSSR count). The summed E-state index contributed by atoms with van der Waals surface area (Å²) >= 11 is 5.96. The average Bonchev–Trinajstić information content (AvgIpc) is 2.48. The number of likely N-dealkylation sites (N-methyl/N-ethyl adjacent to an activating group) is 2. The van der Waals surface area contributed by atoms with Gasteiger partial charge in [-0.2, -0.15) is 0 Å². The summed E-state index contributed by atoms with van der Waals surface area (Å²) in [5.74, 6) is 0.0293. The van der Waals surface area contributed by atoms with Crippen LogP contribution in [-0.4, -0.2) is 36.5 Å². The van der Waals surface area contributed by atoms with E-state index in [-0.39, 0.29) is 18.0 Å². The molecule has 3 N–H and O–H groups in total. The third-order valence-corrected chi connectivity index (χ3v) is 3.86. The molecule has 0 aliphatic rings. The maximum Gasteiger partial charge on any atom is 0.234 e. The van der Waals surface area contributed by atoms with Gasteiger partial charge in [-0.05, 0) is 37.6 Å².